The van der Waals surface area contributed by atoms with E-state index in [1.807, 2.05) is 58.0 Å². The molecule has 0 saturated carbocycles. The van der Waals surface area contributed by atoms with Crippen LogP contribution in [0.2, 0.25) is 0 Å². The second-order valence-electron chi connectivity index (χ2n) is 8.16. The number of amides is 1. The number of piperidine rings is 1. The second-order valence-corrected chi connectivity index (χ2v) is 8.16. The average molecular weight is 434 g/mol. The van der Waals surface area contributed by atoms with E-state index in [1.54, 1.807) is 6.07 Å². The van der Waals surface area contributed by atoms with Gasteiger partial charge in [0.1, 0.15) is 29.2 Å². The van der Waals surface area contributed by atoms with Crippen molar-refractivity contribution in [1.29, 1.82) is 0 Å². The summed E-state index contributed by atoms with van der Waals surface area (Å²) < 4.78 is 23.2. The van der Waals surface area contributed by atoms with Gasteiger partial charge in [0.2, 0.25) is 5.91 Å². The third kappa shape index (κ3) is 3.99. The standard InChI is InChI=1S/C23H23FN6O2/c24-23(9-12-29(13-10-23)14-19(25)31)15-32-18-5-3-4-16-7-8-17(26-21(16)18)22-28-27-20-6-1-2-11-30(20)22/h1-8,11H,9-10,12-15H2,(H2,25,31). The van der Waals surface area contributed by atoms with Crippen molar-refractivity contribution in [3.8, 4) is 17.3 Å². The molecule has 1 fully saturated rings. The number of fused-ring (bicyclic) bond motifs is 2. The monoisotopic (exact) mass is 434 g/mol. The third-order valence-corrected chi connectivity index (χ3v) is 5.84. The Bertz CT molecular complexity index is 1280. The number of alkyl halides is 1. The van der Waals surface area contributed by atoms with E-state index in [9.17, 15) is 4.79 Å². The molecule has 0 unspecified atom stereocenters. The molecule has 32 heavy (non-hydrogen) atoms. The number of hydrogen-bond donors (Lipinski definition) is 1. The molecule has 1 aromatic carbocycles. The second kappa shape index (κ2) is 8.16. The summed E-state index contributed by atoms with van der Waals surface area (Å²) in [4.78, 5) is 17.7. The number of nitrogens with zero attached hydrogens (tertiary/aromatic N) is 5. The number of carbonyl (C=O) groups is 1. The Morgan fingerprint density at radius 2 is 1.94 bits per heavy atom. The molecule has 2 N–H and O–H groups in total. The van der Waals surface area contributed by atoms with Gasteiger partial charge in [-0.05, 0) is 37.1 Å². The van der Waals surface area contributed by atoms with Gasteiger partial charge in [0.05, 0.1) is 6.54 Å². The lowest BCUT2D eigenvalue weighted by Gasteiger charge is -2.35. The molecule has 1 aliphatic rings. The molecule has 4 heterocycles. The number of pyridine rings is 2. The highest BCUT2D eigenvalue weighted by Gasteiger charge is 2.36. The number of nitrogens with two attached hydrogens (primary N) is 1. The van der Waals surface area contributed by atoms with Gasteiger partial charge in [-0.25, -0.2) is 9.37 Å². The molecule has 0 bridgehead atoms. The number of aromatic nitrogens is 4. The van der Waals surface area contributed by atoms with E-state index in [1.165, 1.54) is 0 Å². The van der Waals surface area contributed by atoms with Gasteiger partial charge in [-0.3, -0.25) is 14.1 Å². The number of para-hydroxylation sites is 1. The zero-order valence-electron chi connectivity index (χ0n) is 17.4. The molecule has 1 amide bonds. The maximum atomic E-state index is 15.3. The largest absolute Gasteiger partial charge is 0.488 e. The summed E-state index contributed by atoms with van der Waals surface area (Å²) in [5.41, 5.74) is 5.81. The molecule has 4 aromatic rings. The van der Waals surface area contributed by atoms with E-state index in [-0.39, 0.29) is 26.0 Å². The van der Waals surface area contributed by atoms with Crippen LogP contribution in [0.15, 0.2) is 54.7 Å². The summed E-state index contributed by atoms with van der Waals surface area (Å²) in [6, 6.07) is 15.1. The molecule has 1 saturated heterocycles. The van der Waals surface area contributed by atoms with E-state index in [4.69, 9.17) is 15.5 Å². The van der Waals surface area contributed by atoms with Crippen molar-refractivity contribution in [2.24, 2.45) is 5.73 Å². The van der Waals surface area contributed by atoms with Crippen molar-refractivity contribution in [3.05, 3.63) is 54.7 Å². The molecule has 8 nitrogen and oxygen atoms in total. The van der Waals surface area contributed by atoms with Crippen LogP contribution in [0.3, 0.4) is 0 Å². The number of halogens is 1. The molecule has 0 atom stereocenters. The van der Waals surface area contributed by atoms with Crippen molar-refractivity contribution in [2.45, 2.75) is 18.5 Å². The minimum atomic E-state index is -1.46. The quantitative estimate of drug-likeness (QED) is 0.501. The molecule has 3 aromatic heterocycles. The van der Waals surface area contributed by atoms with E-state index < -0.39 is 11.6 Å². The first-order valence-electron chi connectivity index (χ1n) is 10.5. The highest BCUT2D eigenvalue weighted by atomic mass is 19.1. The SMILES string of the molecule is NC(=O)CN1CCC(F)(COc2cccc3ccc(-c4nnc5ccccn45)nc23)CC1. The predicted molar refractivity (Wildman–Crippen MR) is 118 cm³/mol. The molecule has 1 aliphatic heterocycles. The Morgan fingerprint density at radius 1 is 1.09 bits per heavy atom. The van der Waals surface area contributed by atoms with Crippen LogP contribution in [0.25, 0.3) is 28.1 Å². The van der Waals surface area contributed by atoms with Gasteiger partial charge >= 0.3 is 0 Å². The minimum absolute atomic E-state index is 0.0731. The van der Waals surface area contributed by atoms with Gasteiger partial charge in [-0.1, -0.05) is 24.3 Å². The van der Waals surface area contributed by atoms with Crippen LogP contribution in [0.5, 0.6) is 5.75 Å². The van der Waals surface area contributed by atoms with Gasteiger partial charge in [0.25, 0.3) is 0 Å². The van der Waals surface area contributed by atoms with Crippen molar-refractivity contribution < 1.29 is 13.9 Å². The van der Waals surface area contributed by atoms with Gasteiger partial charge in [-0.15, -0.1) is 10.2 Å². The zero-order valence-corrected chi connectivity index (χ0v) is 17.4. The Hall–Kier alpha value is -3.59. The molecule has 5 rings (SSSR count). The first kappa shape index (κ1) is 20.3. The van der Waals surface area contributed by atoms with Crippen molar-refractivity contribution in [1.82, 2.24) is 24.5 Å². The number of primary amides is 1. The summed E-state index contributed by atoms with van der Waals surface area (Å²) in [6.07, 6.45) is 2.46. The van der Waals surface area contributed by atoms with Crippen LogP contribution < -0.4 is 10.5 Å². The molecule has 0 spiro atoms. The van der Waals surface area contributed by atoms with Crippen LogP contribution in [0.4, 0.5) is 4.39 Å². The van der Waals surface area contributed by atoms with Gasteiger partial charge in [0, 0.05) is 24.7 Å². The summed E-state index contributed by atoms with van der Waals surface area (Å²) >= 11 is 0. The topological polar surface area (TPSA) is 98.6 Å². The number of ether oxygens (including phenoxy) is 1. The fraction of sp³-hybridized carbons (Fsp3) is 0.304. The zero-order chi connectivity index (χ0) is 22.1. The number of likely N-dealkylation sites (tertiary alicyclic amines) is 1. The van der Waals surface area contributed by atoms with E-state index >= 15 is 4.39 Å². The number of rotatable bonds is 6. The lowest BCUT2D eigenvalue weighted by Crippen LogP contribution is -2.47. The van der Waals surface area contributed by atoms with Crippen LogP contribution in [-0.4, -0.2) is 62.3 Å². The number of carbonyl (C=O) groups excluding carboxylic acids is 1. The summed E-state index contributed by atoms with van der Waals surface area (Å²) in [5, 5.41) is 9.35. The van der Waals surface area contributed by atoms with Gasteiger partial charge in [-0.2, -0.15) is 0 Å². The van der Waals surface area contributed by atoms with E-state index in [0.29, 0.717) is 35.9 Å². The number of benzene rings is 1. The highest BCUT2D eigenvalue weighted by molar-refractivity contribution is 5.86. The smallest absolute Gasteiger partial charge is 0.231 e. The van der Waals surface area contributed by atoms with Crippen molar-refractivity contribution in [2.75, 3.05) is 26.2 Å². The molecular weight excluding hydrogens is 411 g/mol. The fourth-order valence-electron chi connectivity index (χ4n) is 4.06. The molecular formula is C23H23FN6O2. The summed E-state index contributed by atoms with van der Waals surface area (Å²) in [6.45, 7) is 1.03. The van der Waals surface area contributed by atoms with Crippen LogP contribution in [0, 0.1) is 0 Å². The van der Waals surface area contributed by atoms with Crippen LogP contribution in [0.1, 0.15) is 12.8 Å². The molecule has 0 aliphatic carbocycles. The summed E-state index contributed by atoms with van der Waals surface area (Å²) in [5.74, 6) is 0.751. The molecule has 0 radical (unpaired) electrons. The normalized spacial score (nSPS) is 16.4. The maximum Gasteiger partial charge on any atom is 0.231 e. The van der Waals surface area contributed by atoms with E-state index in [2.05, 4.69) is 10.2 Å². The first-order valence-corrected chi connectivity index (χ1v) is 10.5. The molecule has 9 heteroatoms. The molecule has 164 valence electrons. The van der Waals surface area contributed by atoms with Gasteiger partial charge in [0.15, 0.2) is 11.5 Å². The fourth-order valence-corrected chi connectivity index (χ4v) is 4.06. The Balaban J connectivity index is 1.38. The summed E-state index contributed by atoms with van der Waals surface area (Å²) in [7, 11) is 0. The Kier molecular flexibility index (Phi) is 5.18. The van der Waals surface area contributed by atoms with Gasteiger partial charge < -0.3 is 10.5 Å². The Morgan fingerprint density at radius 3 is 2.75 bits per heavy atom. The van der Waals surface area contributed by atoms with Crippen molar-refractivity contribution >= 4 is 22.5 Å². The first-order chi connectivity index (χ1) is 15.5. The van der Waals surface area contributed by atoms with Crippen LogP contribution in [-0.2, 0) is 4.79 Å². The highest BCUT2D eigenvalue weighted by Crippen LogP contribution is 2.31. The third-order valence-electron chi connectivity index (χ3n) is 5.84. The minimum Gasteiger partial charge on any atom is -0.488 e. The van der Waals surface area contributed by atoms with Crippen molar-refractivity contribution in [3.63, 3.8) is 0 Å². The van der Waals surface area contributed by atoms with E-state index in [0.717, 1.165) is 11.0 Å². The van der Waals surface area contributed by atoms with Crippen LogP contribution >= 0.6 is 0 Å². The maximum absolute atomic E-state index is 15.3. The predicted octanol–water partition coefficient (Wildman–Crippen LogP) is 2.61. The lowest BCUT2D eigenvalue weighted by molar-refractivity contribution is -0.120. The Labute approximate surface area is 183 Å². The number of hydrogen-bond acceptors (Lipinski definition) is 6. The lowest BCUT2D eigenvalue weighted by atomic mass is 9.94. The average Bonchev–Trinajstić information content (AvgIpc) is 3.23.